The number of aliphatic hydroxyl groups excluding tert-OH is 1. The average molecular weight is 724 g/mol. The second-order valence-corrected chi connectivity index (χ2v) is 18.3. The van der Waals surface area contributed by atoms with Crippen LogP contribution in [0.5, 0.6) is 5.75 Å². The van der Waals surface area contributed by atoms with E-state index in [1.165, 1.54) is 11.1 Å². The third-order valence-corrected chi connectivity index (χ3v) is 14.2. The van der Waals surface area contributed by atoms with E-state index in [1.54, 1.807) is 13.2 Å². The largest absolute Gasteiger partial charge is 0.490 e. The van der Waals surface area contributed by atoms with Gasteiger partial charge in [0.15, 0.2) is 0 Å². The molecule has 0 unspecified atom stereocenters. The molecule has 2 aliphatic heterocycles. The molecule has 8 atom stereocenters. The Morgan fingerprint density at radius 1 is 1.20 bits per heavy atom. The van der Waals surface area contributed by atoms with Crippen LogP contribution in [0.25, 0.3) is 0 Å². The molecule has 2 heterocycles. The maximum absolute atomic E-state index is 14.5. The van der Waals surface area contributed by atoms with Crippen LogP contribution in [0.3, 0.4) is 0 Å². The van der Waals surface area contributed by atoms with Crippen molar-refractivity contribution in [2.75, 3.05) is 43.2 Å². The topological polar surface area (TPSA) is 118 Å². The van der Waals surface area contributed by atoms with Crippen LogP contribution in [-0.4, -0.2) is 77.7 Å². The van der Waals surface area contributed by atoms with Crippen LogP contribution < -0.4 is 15.0 Å². The quantitative estimate of drug-likeness (QED) is 0.367. The summed E-state index contributed by atoms with van der Waals surface area (Å²) in [4.78, 5) is 29.6. The van der Waals surface area contributed by atoms with Gasteiger partial charge in [0.1, 0.15) is 11.5 Å². The number of rotatable bonds is 4. The first-order valence-electron chi connectivity index (χ1n) is 18.3. The van der Waals surface area contributed by atoms with Gasteiger partial charge in [-0.05, 0) is 117 Å². The number of nitrogens with zero attached hydrogens (tertiary/aromatic N) is 2. The first-order valence-corrected chi connectivity index (χ1v) is 20.5. The predicted octanol–water partition coefficient (Wildman–Crippen LogP) is 6.09. The number of aryl methyl sites for hydroxylation is 1. The van der Waals surface area contributed by atoms with E-state index in [2.05, 4.69) is 38.9 Å². The lowest BCUT2D eigenvalue weighted by Gasteiger charge is -2.46. The normalized spacial score (nSPS) is 34.7. The number of carbonyl (C=O) groups excluding carboxylic acids is 2. The van der Waals surface area contributed by atoms with E-state index in [4.69, 9.17) is 21.1 Å². The third-order valence-electron chi connectivity index (χ3n) is 11.7. The molecular formula is C39H50ClN3O6S. The highest BCUT2D eigenvalue weighted by Crippen LogP contribution is 2.47. The standard InChI is InChI=1S/C39H50ClN3O6S/c1-25-5-3-7-35(48-2)32-13-8-28(32)20-43-23-39(16-4-6-26-17-29(40)10-14-33(26)39)24-49-36-15-9-27(18-34(36)43)38(46)42-50(47,21-25)22-37(45)41-30-11-12-31(44)19-30/h3,7,9-10,14-15,17-18,25,28,30-32,35,44H,4-6,8,11-13,16,19-24H2,1-2H3,(H,41,45)/b7-3-/t25-,28-,30+,31+,32+,35-,39-,50+/m0/s1. The lowest BCUT2D eigenvalue weighted by Crippen LogP contribution is -2.49. The lowest BCUT2D eigenvalue weighted by molar-refractivity contribution is -0.119. The van der Waals surface area contributed by atoms with Crippen molar-refractivity contribution in [3.63, 3.8) is 0 Å². The predicted molar refractivity (Wildman–Crippen MR) is 197 cm³/mol. The van der Waals surface area contributed by atoms with Gasteiger partial charge in [0.25, 0.3) is 5.91 Å². The fourth-order valence-corrected chi connectivity index (χ4v) is 11.4. The summed E-state index contributed by atoms with van der Waals surface area (Å²) in [6, 6.07) is 11.5. The molecule has 2 aromatic rings. The number of aliphatic hydroxyl groups is 1. The van der Waals surface area contributed by atoms with E-state index >= 15 is 0 Å². The van der Waals surface area contributed by atoms with Crippen LogP contribution in [0, 0.1) is 17.8 Å². The van der Waals surface area contributed by atoms with Crippen molar-refractivity contribution < 1.29 is 28.4 Å². The van der Waals surface area contributed by atoms with Gasteiger partial charge in [0.2, 0.25) is 5.91 Å². The number of nitrogens with one attached hydrogen (secondary N) is 1. The summed E-state index contributed by atoms with van der Waals surface area (Å²) in [5.74, 6) is 0.131. The molecule has 0 saturated heterocycles. The number of allylic oxidation sites excluding steroid dienone is 1. The number of methoxy groups -OCH3 is 1. The van der Waals surface area contributed by atoms with Crippen molar-refractivity contribution in [1.82, 2.24) is 5.32 Å². The number of hydrogen-bond donors (Lipinski definition) is 2. The van der Waals surface area contributed by atoms with Gasteiger partial charge in [0.05, 0.1) is 34.2 Å². The minimum atomic E-state index is -3.27. The molecule has 2 bridgehead atoms. The molecule has 2 fully saturated rings. The highest BCUT2D eigenvalue weighted by atomic mass is 35.5. The molecule has 9 nitrogen and oxygen atoms in total. The fourth-order valence-electron chi connectivity index (χ4n) is 9.03. The van der Waals surface area contributed by atoms with Crippen LogP contribution >= 0.6 is 11.6 Å². The molecule has 270 valence electrons. The number of carbonyl (C=O) groups is 2. The summed E-state index contributed by atoms with van der Waals surface area (Å²) in [7, 11) is -1.50. The molecule has 50 heavy (non-hydrogen) atoms. The van der Waals surface area contributed by atoms with E-state index in [1.807, 2.05) is 25.1 Å². The van der Waals surface area contributed by atoms with E-state index in [0.717, 1.165) is 55.9 Å². The van der Waals surface area contributed by atoms with E-state index in [-0.39, 0.29) is 35.0 Å². The minimum Gasteiger partial charge on any atom is -0.490 e. The van der Waals surface area contributed by atoms with Gasteiger partial charge in [-0.3, -0.25) is 9.59 Å². The number of amides is 2. The Hall–Kier alpha value is -2.92. The number of benzene rings is 2. The van der Waals surface area contributed by atoms with E-state index in [9.17, 15) is 18.9 Å². The summed E-state index contributed by atoms with van der Waals surface area (Å²) in [6.07, 6.45) is 11.3. The molecule has 0 aromatic heterocycles. The van der Waals surface area contributed by atoms with Crippen LogP contribution in [0.2, 0.25) is 5.02 Å². The Bertz CT molecular complexity index is 1770. The Kier molecular flexibility index (Phi) is 10.4. The molecule has 2 N–H and O–H groups in total. The second-order valence-electron chi connectivity index (χ2n) is 15.5. The second kappa shape index (κ2) is 14.6. The summed E-state index contributed by atoms with van der Waals surface area (Å²) >= 11 is 6.45. The molecule has 0 radical (unpaired) electrons. The van der Waals surface area contributed by atoms with Crippen molar-refractivity contribution in [2.45, 2.75) is 88.4 Å². The van der Waals surface area contributed by atoms with Crippen molar-refractivity contribution in [3.8, 4) is 5.75 Å². The highest BCUT2D eigenvalue weighted by molar-refractivity contribution is 7.94. The van der Waals surface area contributed by atoms with E-state index < -0.39 is 27.6 Å². The zero-order valence-electron chi connectivity index (χ0n) is 29.2. The monoisotopic (exact) mass is 723 g/mol. The van der Waals surface area contributed by atoms with Crippen LogP contribution in [0.1, 0.15) is 79.8 Å². The van der Waals surface area contributed by atoms with Gasteiger partial charge in [-0.25, -0.2) is 4.21 Å². The molecule has 5 aliphatic rings. The van der Waals surface area contributed by atoms with E-state index in [0.29, 0.717) is 55.4 Å². The van der Waals surface area contributed by atoms with Crippen molar-refractivity contribution in [2.24, 2.45) is 22.1 Å². The SMILES string of the molecule is CO[C@H]1/C=C\C[C@H](C)C[S@@](=O)(CC(=O)N[C@@H]2CC[C@@H](O)C2)=NC(=O)c2ccc3c(c2)N(C[C@@H]2CC[C@H]21)C[C@@]1(CCCc2cc(Cl)ccc21)CO3. The first-order chi connectivity index (χ1) is 24.0. The van der Waals surface area contributed by atoms with Crippen LogP contribution in [-0.2, 0) is 31.1 Å². The maximum Gasteiger partial charge on any atom is 0.285 e. The Balaban J connectivity index is 1.27. The Labute approximate surface area is 301 Å². The molecule has 2 aromatic carbocycles. The molecule has 11 heteroatoms. The average Bonchev–Trinajstić information content (AvgIpc) is 3.40. The van der Waals surface area contributed by atoms with Gasteiger partial charge in [-0.1, -0.05) is 36.7 Å². The molecular weight excluding hydrogens is 674 g/mol. The number of anilines is 1. The highest BCUT2D eigenvalue weighted by Gasteiger charge is 2.44. The number of fused-ring (bicyclic) bond motifs is 4. The third kappa shape index (κ3) is 7.50. The number of halogens is 1. The maximum atomic E-state index is 14.5. The molecule has 3 aliphatic carbocycles. The lowest BCUT2D eigenvalue weighted by atomic mass is 9.68. The van der Waals surface area contributed by atoms with Gasteiger partial charge >= 0.3 is 0 Å². The van der Waals surface area contributed by atoms with Crippen molar-refractivity contribution >= 4 is 38.8 Å². The molecule has 1 spiro atoms. The summed E-state index contributed by atoms with van der Waals surface area (Å²) in [6.45, 7) is 4.01. The molecule has 2 amide bonds. The summed E-state index contributed by atoms with van der Waals surface area (Å²) < 4.78 is 31.6. The van der Waals surface area contributed by atoms with Crippen molar-refractivity contribution in [1.29, 1.82) is 0 Å². The van der Waals surface area contributed by atoms with Crippen molar-refractivity contribution in [3.05, 3.63) is 70.3 Å². The zero-order chi connectivity index (χ0) is 35.0. The van der Waals surface area contributed by atoms with Crippen LogP contribution in [0.4, 0.5) is 5.69 Å². The zero-order valence-corrected chi connectivity index (χ0v) is 30.7. The Morgan fingerprint density at radius 2 is 2.06 bits per heavy atom. The van der Waals surface area contributed by atoms with Gasteiger partial charge < -0.3 is 24.8 Å². The van der Waals surface area contributed by atoms with Gasteiger partial charge in [0, 0.05) is 48.0 Å². The first kappa shape index (κ1) is 35.5. The van der Waals surface area contributed by atoms with Gasteiger partial charge in [-0.15, -0.1) is 0 Å². The minimum absolute atomic E-state index is 0.0439. The number of hydrogen-bond acceptors (Lipinski definition) is 7. The number of ether oxygens (including phenoxy) is 2. The smallest absolute Gasteiger partial charge is 0.285 e. The molecule has 2 saturated carbocycles. The fraction of sp³-hybridized carbons (Fsp3) is 0.590. The van der Waals surface area contributed by atoms with Gasteiger partial charge in [-0.2, -0.15) is 4.36 Å². The van der Waals surface area contributed by atoms with Crippen LogP contribution in [0.15, 0.2) is 52.9 Å². The Morgan fingerprint density at radius 3 is 2.82 bits per heavy atom. The molecule has 7 rings (SSSR count). The summed E-state index contributed by atoms with van der Waals surface area (Å²) in [5, 5.41) is 13.6. The summed E-state index contributed by atoms with van der Waals surface area (Å²) in [5.41, 5.74) is 3.46.